The summed E-state index contributed by atoms with van der Waals surface area (Å²) in [5.74, 6) is 0.737. The predicted octanol–water partition coefficient (Wildman–Crippen LogP) is 1.79. The van der Waals surface area contributed by atoms with E-state index in [1.165, 1.54) is 25.8 Å². The van der Waals surface area contributed by atoms with Gasteiger partial charge in [-0.25, -0.2) is 0 Å². The van der Waals surface area contributed by atoms with Crippen LogP contribution in [-0.4, -0.2) is 68.3 Å². The third-order valence-electron chi connectivity index (χ3n) is 4.89. The zero-order valence-electron chi connectivity index (χ0n) is 14.0. The highest BCUT2D eigenvalue weighted by Gasteiger charge is 2.47. The van der Waals surface area contributed by atoms with E-state index in [9.17, 15) is 0 Å². The molecule has 0 amide bonds. The fourth-order valence-electron chi connectivity index (χ4n) is 3.41. The second-order valence-corrected chi connectivity index (χ2v) is 5.98. The highest BCUT2D eigenvalue weighted by Crippen LogP contribution is 2.43. The highest BCUT2D eigenvalue weighted by atomic mass is 16.5. The lowest BCUT2D eigenvalue weighted by molar-refractivity contribution is 0.000218. The number of methoxy groups -OCH3 is 1. The lowest BCUT2D eigenvalue weighted by Crippen LogP contribution is -2.59. The van der Waals surface area contributed by atoms with Crippen LogP contribution in [-0.2, 0) is 4.74 Å². The van der Waals surface area contributed by atoms with Gasteiger partial charge in [-0.15, -0.1) is 0 Å². The van der Waals surface area contributed by atoms with Crippen molar-refractivity contribution < 1.29 is 4.74 Å². The fraction of sp³-hybridized carbons (Fsp3) is 1.00. The zero-order chi connectivity index (χ0) is 15.0. The van der Waals surface area contributed by atoms with Crippen molar-refractivity contribution in [1.82, 2.24) is 9.80 Å². The average molecular weight is 285 g/mol. The Hall–Kier alpha value is -0.160. The van der Waals surface area contributed by atoms with Gasteiger partial charge in [0.25, 0.3) is 0 Å². The SMILES string of the molecule is CCN(CC)CCCN(CC)C(CN)(COC)C1CC1. The van der Waals surface area contributed by atoms with Crippen LogP contribution >= 0.6 is 0 Å². The Labute approximate surface area is 125 Å². The molecule has 2 N–H and O–H groups in total. The van der Waals surface area contributed by atoms with Gasteiger partial charge in [0.1, 0.15) is 0 Å². The molecule has 0 radical (unpaired) electrons. The first-order valence-corrected chi connectivity index (χ1v) is 8.34. The van der Waals surface area contributed by atoms with Crippen molar-refractivity contribution in [2.75, 3.05) is 53.0 Å². The summed E-state index contributed by atoms with van der Waals surface area (Å²) in [6, 6.07) is 0. The lowest BCUT2D eigenvalue weighted by atomic mass is 9.91. The van der Waals surface area contributed by atoms with Gasteiger partial charge in [-0.05, 0) is 51.4 Å². The van der Waals surface area contributed by atoms with Gasteiger partial charge in [0.2, 0.25) is 0 Å². The standard InChI is InChI=1S/C16H35N3O/c1-5-18(6-2)11-8-12-19(7-3)16(13-17,14-20-4)15-9-10-15/h15H,5-14,17H2,1-4H3. The monoisotopic (exact) mass is 285 g/mol. The number of hydrogen-bond donors (Lipinski definition) is 1. The molecular formula is C16H35N3O. The molecule has 1 fully saturated rings. The minimum Gasteiger partial charge on any atom is -0.383 e. The molecule has 0 heterocycles. The highest BCUT2D eigenvalue weighted by molar-refractivity contribution is 5.03. The summed E-state index contributed by atoms with van der Waals surface area (Å²) < 4.78 is 5.52. The minimum atomic E-state index is 0.0762. The van der Waals surface area contributed by atoms with Crippen molar-refractivity contribution in [3.05, 3.63) is 0 Å². The summed E-state index contributed by atoms with van der Waals surface area (Å²) in [5.41, 5.74) is 6.24. The van der Waals surface area contributed by atoms with E-state index in [0.717, 1.165) is 38.7 Å². The van der Waals surface area contributed by atoms with E-state index >= 15 is 0 Å². The third kappa shape index (κ3) is 4.42. The predicted molar refractivity (Wildman–Crippen MR) is 86.0 cm³/mol. The molecule has 20 heavy (non-hydrogen) atoms. The number of hydrogen-bond acceptors (Lipinski definition) is 4. The van der Waals surface area contributed by atoms with Gasteiger partial charge in [-0.2, -0.15) is 0 Å². The van der Waals surface area contributed by atoms with Gasteiger partial charge in [-0.3, -0.25) is 4.90 Å². The van der Waals surface area contributed by atoms with Crippen LogP contribution in [0.4, 0.5) is 0 Å². The minimum absolute atomic E-state index is 0.0762. The number of nitrogens with two attached hydrogens (primary N) is 1. The number of rotatable bonds is 12. The normalized spacial score (nSPS) is 18.8. The largest absolute Gasteiger partial charge is 0.383 e. The van der Waals surface area contributed by atoms with E-state index in [4.69, 9.17) is 10.5 Å². The summed E-state index contributed by atoms with van der Waals surface area (Å²) in [5, 5.41) is 0. The van der Waals surface area contributed by atoms with Crippen LogP contribution < -0.4 is 5.73 Å². The maximum Gasteiger partial charge on any atom is 0.0661 e. The quantitative estimate of drug-likeness (QED) is 0.594. The van der Waals surface area contributed by atoms with E-state index in [0.29, 0.717) is 6.54 Å². The first kappa shape index (κ1) is 17.9. The summed E-state index contributed by atoms with van der Waals surface area (Å²) in [6.07, 6.45) is 3.84. The van der Waals surface area contributed by atoms with Crippen LogP contribution in [0.25, 0.3) is 0 Å². The molecule has 0 aromatic rings. The topological polar surface area (TPSA) is 41.7 Å². The zero-order valence-corrected chi connectivity index (χ0v) is 14.0. The summed E-state index contributed by atoms with van der Waals surface area (Å²) in [4.78, 5) is 5.07. The Kier molecular flexibility index (Phi) is 8.03. The molecule has 0 saturated heterocycles. The van der Waals surface area contributed by atoms with Crippen LogP contribution in [0.5, 0.6) is 0 Å². The molecule has 0 aromatic heterocycles. The lowest BCUT2D eigenvalue weighted by Gasteiger charge is -2.43. The van der Waals surface area contributed by atoms with Crippen molar-refractivity contribution in [2.45, 2.75) is 45.6 Å². The molecule has 1 aliphatic carbocycles. The molecular weight excluding hydrogens is 250 g/mol. The van der Waals surface area contributed by atoms with E-state index in [-0.39, 0.29) is 5.54 Å². The Morgan fingerprint density at radius 3 is 2.15 bits per heavy atom. The summed E-state index contributed by atoms with van der Waals surface area (Å²) >= 11 is 0. The molecule has 0 aromatic carbocycles. The van der Waals surface area contributed by atoms with Gasteiger partial charge in [0.15, 0.2) is 0 Å². The Morgan fingerprint density at radius 1 is 1.10 bits per heavy atom. The number of ether oxygens (including phenoxy) is 1. The van der Waals surface area contributed by atoms with Crippen molar-refractivity contribution >= 4 is 0 Å². The van der Waals surface area contributed by atoms with E-state index < -0.39 is 0 Å². The second kappa shape index (κ2) is 8.98. The van der Waals surface area contributed by atoms with Crippen LogP contribution in [0, 0.1) is 5.92 Å². The van der Waals surface area contributed by atoms with Gasteiger partial charge < -0.3 is 15.4 Å². The molecule has 0 aliphatic heterocycles. The first-order chi connectivity index (χ1) is 9.68. The van der Waals surface area contributed by atoms with Gasteiger partial charge in [0.05, 0.1) is 12.1 Å². The van der Waals surface area contributed by atoms with E-state index in [2.05, 4.69) is 30.6 Å². The number of nitrogens with zero attached hydrogens (tertiary/aromatic N) is 2. The molecule has 4 heteroatoms. The van der Waals surface area contributed by atoms with Crippen molar-refractivity contribution in [1.29, 1.82) is 0 Å². The molecule has 1 saturated carbocycles. The molecule has 120 valence electrons. The van der Waals surface area contributed by atoms with Crippen LogP contribution in [0.2, 0.25) is 0 Å². The van der Waals surface area contributed by atoms with E-state index in [1.807, 2.05) is 0 Å². The van der Waals surface area contributed by atoms with Crippen molar-refractivity contribution in [3.8, 4) is 0 Å². The van der Waals surface area contributed by atoms with Gasteiger partial charge >= 0.3 is 0 Å². The molecule has 1 aliphatic rings. The van der Waals surface area contributed by atoms with E-state index in [1.54, 1.807) is 7.11 Å². The maximum absolute atomic E-state index is 6.16. The Morgan fingerprint density at radius 2 is 1.75 bits per heavy atom. The summed E-state index contributed by atoms with van der Waals surface area (Å²) in [6.45, 7) is 13.9. The number of likely N-dealkylation sites (N-methyl/N-ethyl adjacent to an activating group) is 1. The molecule has 1 unspecified atom stereocenters. The van der Waals surface area contributed by atoms with Gasteiger partial charge in [0, 0.05) is 20.2 Å². The Bertz CT molecular complexity index is 254. The smallest absolute Gasteiger partial charge is 0.0661 e. The first-order valence-electron chi connectivity index (χ1n) is 8.34. The third-order valence-corrected chi connectivity index (χ3v) is 4.89. The average Bonchev–Trinajstić information content (AvgIpc) is 3.31. The molecule has 4 nitrogen and oxygen atoms in total. The van der Waals surface area contributed by atoms with Crippen molar-refractivity contribution in [2.24, 2.45) is 11.7 Å². The second-order valence-electron chi connectivity index (χ2n) is 5.98. The van der Waals surface area contributed by atoms with Crippen LogP contribution in [0.15, 0.2) is 0 Å². The maximum atomic E-state index is 6.16. The Balaban J connectivity index is 2.57. The summed E-state index contributed by atoms with van der Waals surface area (Å²) in [7, 11) is 1.80. The molecule has 1 atom stereocenters. The molecule has 0 spiro atoms. The fourth-order valence-corrected chi connectivity index (χ4v) is 3.41. The van der Waals surface area contributed by atoms with Crippen LogP contribution in [0.1, 0.15) is 40.0 Å². The van der Waals surface area contributed by atoms with Gasteiger partial charge in [-0.1, -0.05) is 20.8 Å². The van der Waals surface area contributed by atoms with Crippen LogP contribution in [0.3, 0.4) is 0 Å². The molecule has 0 bridgehead atoms. The van der Waals surface area contributed by atoms with Crippen molar-refractivity contribution in [3.63, 3.8) is 0 Å². The molecule has 1 rings (SSSR count).